The molecule has 4 aromatic carbocycles. The van der Waals surface area contributed by atoms with Crippen LogP contribution < -0.4 is 15.6 Å². The highest BCUT2D eigenvalue weighted by molar-refractivity contribution is 7.31. The molecule has 27 heavy (non-hydrogen) atoms. The van der Waals surface area contributed by atoms with Gasteiger partial charge in [0.2, 0.25) is 8.07 Å². The Morgan fingerprint density at radius 1 is 0.444 bits per heavy atom. The van der Waals surface area contributed by atoms with Crippen LogP contribution in [-0.2, 0) is 0 Å². The molecule has 0 bridgehead atoms. The average Bonchev–Trinajstić information content (AvgIpc) is 2.77. The van der Waals surface area contributed by atoms with E-state index in [9.17, 15) is 4.79 Å². The Morgan fingerprint density at radius 3 is 1.07 bits per heavy atom. The van der Waals surface area contributed by atoms with Crippen LogP contribution in [0.5, 0.6) is 0 Å². The van der Waals surface area contributed by atoms with Crippen LogP contribution in [0, 0.1) is 0 Å². The Balaban J connectivity index is 2.08. The highest BCUT2D eigenvalue weighted by Gasteiger charge is 2.47. The van der Waals surface area contributed by atoms with Gasteiger partial charge in [-0.2, -0.15) is 0 Å². The molecular weight excluding hydrogens is 344 g/mol. The number of rotatable bonds is 5. The standard InChI is InChI=1S/C25H20OSi/c26-25(21-13-5-1-6-14-21)27(22-15-7-2-8-16-22,23-17-9-3-10-18-23)24-19-11-4-12-20-24/h1-20H. The quantitative estimate of drug-likeness (QED) is 0.391. The molecule has 4 rings (SSSR count). The number of carbonyl (C=O) groups is 1. The van der Waals surface area contributed by atoms with Gasteiger partial charge in [0.1, 0.15) is 0 Å². The molecule has 0 amide bonds. The normalized spacial score (nSPS) is 11.1. The Labute approximate surface area is 161 Å². The van der Waals surface area contributed by atoms with Crippen molar-refractivity contribution in [2.75, 3.05) is 0 Å². The van der Waals surface area contributed by atoms with Crippen LogP contribution in [0.15, 0.2) is 121 Å². The largest absolute Gasteiger partial charge is 0.299 e. The lowest BCUT2D eigenvalue weighted by molar-refractivity contribution is 0.107. The molecule has 0 aliphatic heterocycles. The lowest BCUT2D eigenvalue weighted by Crippen LogP contribution is -2.72. The summed E-state index contributed by atoms with van der Waals surface area (Å²) in [6, 6.07) is 40.5. The van der Waals surface area contributed by atoms with Crippen LogP contribution in [-0.4, -0.2) is 13.5 Å². The Bertz CT molecular complexity index is 916. The van der Waals surface area contributed by atoms with E-state index in [4.69, 9.17) is 0 Å². The molecule has 0 aromatic heterocycles. The lowest BCUT2D eigenvalue weighted by atomic mass is 10.2. The predicted molar refractivity (Wildman–Crippen MR) is 115 cm³/mol. The van der Waals surface area contributed by atoms with E-state index in [0.29, 0.717) is 0 Å². The number of benzene rings is 4. The minimum atomic E-state index is -2.91. The topological polar surface area (TPSA) is 17.1 Å². The lowest BCUT2D eigenvalue weighted by Gasteiger charge is -2.32. The second kappa shape index (κ2) is 7.56. The van der Waals surface area contributed by atoms with Gasteiger partial charge in [0.05, 0.1) is 0 Å². The SMILES string of the molecule is O=C(c1ccccc1)[Si](c1ccccc1)(c1ccccc1)c1ccccc1. The summed E-state index contributed by atoms with van der Waals surface area (Å²) in [6.45, 7) is 0. The molecule has 1 nitrogen and oxygen atoms in total. The molecule has 0 aliphatic rings. The predicted octanol–water partition coefficient (Wildman–Crippen LogP) is 3.58. The first-order chi connectivity index (χ1) is 13.3. The number of hydrogen-bond donors (Lipinski definition) is 0. The smallest absolute Gasteiger partial charge is 0.230 e. The Kier molecular flexibility index (Phi) is 4.82. The molecule has 0 atom stereocenters. The van der Waals surface area contributed by atoms with Crippen molar-refractivity contribution in [1.82, 2.24) is 0 Å². The second-order valence-electron chi connectivity index (χ2n) is 6.54. The van der Waals surface area contributed by atoms with E-state index < -0.39 is 8.07 Å². The van der Waals surface area contributed by atoms with Crippen molar-refractivity contribution >= 4 is 29.0 Å². The van der Waals surface area contributed by atoms with Crippen LogP contribution >= 0.6 is 0 Å². The first-order valence-electron chi connectivity index (χ1n) is 9.10. The summed E-state index contributed by atoms with van der Waals surface area (Å²) in [5, 5.41) is 3.54. The zero-order chi connectivity index (χ0) is 18.5. The van der Waals surface area contributed by atoms with E-state index in [1.807, 2.05) is 84.9 Å². The second-order valence-corrected chi connectivity index (χ2v) is 10.2. The number of carbonyl (C=O) groups excluding carboxylic acids is 1. The Morgan fingerprint density at radius 2 is 0.741 bits per heavy atom. The minimum Gasteiger partial charge on any atom is -0.299 e. The minimum absolute atomic E-state index is 0.215. The third-order valence-electron chi connectivity index (χ3n) is 5.00. The van der Waals surface area contributed by atoms with Crippen LogP contribution in [0.25, 0.3) is 0 Å². The maximum atomic E-state index is 14.1. The van der Waals surface area contributed by atoms with Crippen molar-refractivity contribution < 1.29 is 4.79 Å². The molecular formula is C25H20OSi. The van der Waals surface area contributed by atoms with Crippen molar-refractivity contribution in [2.24, 2.45) is 0 Å². The molecule has 0 N–H and O–H groups in total. The van der Waals surface area contributed by atoms with Crippen molar-refractivity contribution in [3.63, 3.8) is 0 Å². The van der Waals surface area contributed by atoms with Crippen LogP contribution in [0.1, 0.15) is 10.4 Å². The van der Waals surface area contributed by atoms with E-state index in [0.717, 1.165) is 21.1 Å². The van der Waals surface area contributed by atoms with Gasteiger partial charge < -0.3 is 0 Å². The van der Waals surface area contributed by atoms with Gasteiger partial charge in [-0.25, -0.2) is 0 Å². The first-order valence-corrected chi connectivity index (χ1v) is 11.1. The summed E-state index contributed by atoms with van der Waals surface area (Å²) in [7, 11) is -2.91. The van der Waals surface area contributed by atoms with Gasteiger partial charge in [-0.1, -0.05) is 121 Å². The summed E-state index contributed by atoms with van der Waals surface area (Å²) >= 11 is 0. The molecule has 0 fully saturated rings. The highest BCUT2D eigenvalue weighted by atomic mass is 28.3. The molecule has 0 saturated heterocycles. The van der Waals surface area contributed by atoms with Crippen molar-refractivity contribution in [3.8, 4) is 0 Å². The van der Waals surface area contributed by atoms with Gasteiger partial charge in [0.15, 0.2) is 5.41 Å². The highest BCUT2D eigenvalue weighted by Crippen LogP contribution is 2.15. The van der Waals surface area contributed by atoms with Crippen LogP contribution in [0.4, 0.5) is 0 Å². The zero-order valence-electron chi connectivity index (χ0n) is 15.0. The molecule has 0 unspecified atom stereocenters. The summed E-state index contributed by atoms with van der Waals surface area (Å²) in [5.74, 6) is 0. The van der Waals surface area contributed by atoms with Crippen molar-refractivity contribution in [3.05, 3.63) is 127 Å². The average molecular weight is 365 g/mol. The summed E-state index contributed by atoms with van der Waals surface area (Å²) < 4.78 is 0. The summed E-state index contributed by atoms with van der Waals surface area (Å²) in [4.78, 5) is 14.1. The monoisotopic (exact) mass is 364 g/mol. The molecule has 4 aromatic rings. The third-order valence-corrected chi connectivity index (χ3v) is 9.56. The molecule has 0 aliphatic carbocycles. The Hall–Kier alpha value is -3.23. The third kappa shape index (κ3) is 3.05. The van der Waals surface area contributed by atoms with Gasteiger partial charge in [-0.05, 0) is 15.6 Å². The van der Waals surface area contributed by atoms with E-state index in [-0.39, 0.29) is 5.41 Å². The van der Waals surface area contributed by atoms with Gasteiger partial charge in [0.25, 0.3) is 0 Å². The molecule has 0 saturated carbocycles. The summed E-state index contributed by atoms with van der Waals surface area (Å²) in [5.41, 5.74) is 0.765. The molecule has 0 spiro atoms. The summed E-state index contributed by atoms with van der Waals surface area (Å²) in [6.07, 6.45) is 0. The van der Waals surface area contributed by atoms with Crippen molar-refractivity contribution in [1.29, 1.82) is 0 Å². The van der Waals surface area contributed by atoms with Gasteiger partial charge in [-0.3, -0.25) is 4.79 Å². The van der Waals surface area contributed by atoms with E-state index in [1.54, 1.807) is 0 Å². The molecule has 2 heteroatoms. The van der Waals surface area contributed by atoms with E-state index >= 15 is 0 Å². The maximum Gasteiger partial charge on any atom is 0.230 e. The maximum absolute atomic E-state index is 14.1. The fourth-order valence-electron chi connectivity index (χ4n) is 3.76. The molecule has 0 heterocycles. The van der Waals surface area contributed by atoms with Crippen molar-refractivity contribution in [2.45, 2.75) is 0 Å². The fourth-order valence-corrected chi connectivity index (χ4v) is 8.23. The fraction of sp³-hybridized carbons (Fsp3) is 0. The van der Waals surface area contributed by atoms with Crippen LogP contribution in [0.3, 0.4) is 0 Å². The first kappa shape index (κ1) is 17.2. The van der Waals surface area contributed by atoms with E-state index in [1.165, 1.54) is 0 Å². The van der Waals surface area contributed by atoms with E-state index in [2.05, 4.69) is 36.4 Å². The molecule has 130 valence electrons. The van der Waals surface area contributed by atoms with Gasteiger partial charge in [-0.15, -0.1) is 0 Å². The van der Waals surface area contributed by atoms with Crippen LogP contribution in [0.2, 0.25) is 0 Å². The zero-order valence-corrected chi connectivity index (χ0v) is 16.0. The van der Waals surface area contributed by atoms with Gasteiger partial charge in [0, 0.05) is 5.56 Å². The van der Waals surface area contributed by atoms with Gasteiger partial charge >= 0.3 is 0 Å². The molecule has 0 radical (unpaired) electrons. The number of hydrogen-bond acceptors (Lipinski definition) is 1.